The van der Waals surface area contributed by atoms with Crippen LogP contribution in [0.15, 0.2) is 0 Å². The molecule has 15 heavy (non-hydrogen) atoms. The van der Waals surface area contributed by atoms with Crippen molar-refractivity contribution in [2.45, 2.75) is 51.5 Å². The van der Waals surface area contributed by atoms with Crippen molar-refractivity contribution >= 4 is 5.91 Å². The van der Waals surface area contributed by atoms with Gasteiger partial charge >= 0.3 is 0 Å². The van der Waals surface area contributed by atoms with Crippen molar-refractivity contribution in [3.05, 3.63) is 0 Å². The zero-order valence-electron chi connectivity index (χ0n) is 9.67. The number of hydrogen-bond donors (Lipinski definition) is 1. The van der Waals surface area contributed by atoms with Crippen LogP contribution in [-0.4, -0.2) is 30.1 Å². The maximum atomic E-state index is 12.0. The van der Waals surface area contributed by atoms with E-state index in [1.165, 1.54) is 25.7 Å². The Kier molecular flexibility index (Phi) is 3.62. The third kappa shape index (κ3) is 2.51. The molecule has 1 atom stereocenters. The Morgan fingerprint density at radius 1 is 1.47 bits per heavy atom. The summed E-state index contributed by atoms with van der Waals surface area (Å²) in [7, 11) is 0. The number of carbonyl (C=O) groups is 1. The molecule has 0 aromatic rings. The van der Waals surface area contributed by atoms with Gasteiger partial charge in [-0.25, -0.2) is 0 Å². The summed E-state index contributed by atoms with van der Waals surface area (Å²) in [6.07, 6.45) is 7.34. The summed E-state index contributed by atoms with van der Waals surface area (Å²) in [5, 5.41) is 3.32. The van der Waals surface area contributed by atoms with E-state index in [2.05, 4.69) is 12.2 Å². The predicted molar refractivity (Wildman–Crippen MR) is 60.4 cm³/mol. The first-order chi connectivity index (χ1) is 7.31. The fourth-order valence-electron chi connectivity index (χ4n) is 2.38. The lowest BCUT2D eigenvalue weighted by atomic mass is 9.85. The molecule has 0 radical (unpaired) electrons. The van der Waals surface area contributed by atoms with Crippen LogP contribution >= 0.6 is 0 Å². The van der Waals surface area contributed by atoms with E-state index in [1.807, 2.05) is 4.90 Å². The number of rotatable bonds is 5. The van der Waals surface area contributed by atoms with Gasteiger partial charge < -0.3 is 4.90 Å². The van der Waals surface area contributed by atoms with E-state index in [9.17, 15) is 4.79 Å². The normalized spacial score (nSPS) is 27.1. The van der Waals surface area contributed by atoms with Crippen molar-refractivity contribution < 1.29 is 4.79 Å². The second kappa shape index (κ2) is 4.97. The Labute approximate surface area is 92.2 Å². The van der Waals surface area contributed by atoms with Gasteiger partial charge in [-0.15, -0.1) is 0 Å². The van der Waals surface area contributed by atoms with Crippen molar-refractivity contribution in [1.82, 2.24) is 10.2 Å². The molecule has 0 bridgehead atoms. The lowest BCUT2D eigenvalue weighted by Crippen LogP contribution is -2.35. The minimum Gasteiger partial charge on any atom is -0.328 e. The molecule has 86 valence electrons. The molecule has 1 N–H and O–H groups in total. The molecule has 1 saturated carbocycles. The van der Waals surface area contributed by atoms with Gasteiger partial charge in [-0.2, -0.15) is 0 Å². The molecular formula is C12H22N2O. The standard InChI is InChI=1S/C12H22N2O/c1-2-3-7-11-12(15)14(9-13-11)8-10-5-4-6-10/h10-11,13H,2-9H2,1H3. The number of nitrogens with zero attached hydrogens (tertiary/aromatic N) is 1. The lowest BCUT2D eigenvalue weighted by molar-refractivity contribution is -0.129. The minimum absolute atomic E-state index is 0.116. The fourth-order valence-corrected chi connectivity index (χ4v) is 2.38. The summed E-state index contributed by atoms with van der Waals surface area (Å²) in [6.45, 7) is 3.95. The zero-order valence-corrected chi connectivity index (χ0v) is 9.67. The van der Waals surface area contributed by atoms with Gasteiger partial charge in [0.25, 0.3) is 0 Å². The van der Waals surface area contributed by atoms with Crippen LogP contribution in [-0.2, 0) is 4.79 Å². The molecule has 2 rings (SSSR count). The van der Waals surface area contributed by atoms with Crippen LogP contribution < -0.4 is 5.32 Å². The molecule has 1 amide bonds. The molecule has 3 heteroatoms. The molecule has 2 aliphatic rings. The van der Waals surface area contributed by atoms with E-state index < -0.39 is 0 Å². The number of hydrogen-bond acceptors (Lipinski definition) is 2. The van der Waals surface area contributed by atoms with Gasteiger partial charge in [-0.1, -0.05) is 26.2 Å². The monoisotopic (exact) mass is 210 g/mol. The van der Waals surface area contributed by atoms with E-state index in [4.69, 9.17) is 0 Å². The Morgan fingerprint density at radius 3 is 2.87 bits per heavy atom. The summed E-state index contributed by atoms with van der Waals surface area (Å²) in [5.41, 5.74) is 0. The third-order valence-electron chi connectivity index (χ3n) is 3.69. The van der Waals surface area contributed by atoms with Gasteiger partial charge in [0, 0.05) is 6.54 Å². The highest BCUT2D eigenvalue weighted by atomic mass is 16.2. The van der Waals surface area contributed by atoms with Gasteiger partial charge in [0.05, 0.1) is 12.7 Å². The summed E-state index contributed by atoms with van der Waals surface area (Å²) in [5.74, 6) is 1.14. The quantitative estimate of drug-likeness (QED) is 0.749. The van der Waals surface area contributed by atoms with Crippen LogP contribution in [0.25, 0.3) is 0 Å². The Morgan fingerprint density at radius 2 is 2.27 bits per heavy atom. The Bertz CT molecular complexity index is 226. The van der Waals surface area contributed by atoms with Crippen molar-refractivity contribution in [3.8, 4) is 0 Å². The van der Waals surface area contributed by atoms with E-state index in [-0.39, 0.29) is 6.04 Å². The Hall–Kier alpha value is -0.570. The molecule has 1 aliphatic heterocycles. The Balaban J connectivity index is 1.75. The average molecular weight is 210 g/mol. The molecule has 0 spiro atoms. The van der Waals surface area contributed by atoms with Crippen LogP contribution in [0.4, 0.5) is 0 Å². The summed E-state index contributed by atoms with van der Waals surface area (Å²) < 4.78 is 0. The average Bonchev–Trinajstić information content (AvgIpc) is 2.51. The van der Waals surface area contributed by atoms with Crippen molar-refractivity contribution in [2.75, 3.05) is 13.2 Å². The smallest absolute Gasteiger partial charge is 0.240 e. The molecule has 1 aliphatic carbocycles. The number of amides is 1. The van der Waals surface area contributed by atoms with Crippen LogP contribution in [0, 0.1) is 5.92 Å². The molecule has 1 saturated heterocycles. The SMILES string of the molecule is CCCCC1NCN(CC2CCC2)C1=O. The predicted octanol–water partition coefficient (Wildman–Crippen LogP) is 1.73. The molecule has 1 unspecified atom stereocenters. The highest BCUT2D eigenvalue weighted by Gasteiger charge is 2.32. The van der Waals surface area contributed by atoms with Crippen LogP contribution in [0.3, 0.4) is 0 Å². The molecule has 2 fully saturated rings. The van der Waals surface area contributed by atoms with Crippen LogP contribution in [0.1, 0.15) is 45.4 Å². The van der Waals surface area contributed by atoms with Crippen molar-refractivity contribution in [3.63, 3.8) is 0 Å². The molecular weight excluding hydrogens is 188 g/mol. The van der Waals surface area contributed by atoms with Crippen LogP contribution in [0.2, 0.25) is 0 Å². The van der Waals surface area contributed by atoms with Gasteiger partial charge in [0.15, 0.2) is 0 Å². The molecule has 0 aromatic carbocycles. The second-order valence-electron chi connectivity index (χ2n) is 4.91. The highest BCUT2D eigenvalue weighted by molar-refractivity contribution is 5.83. The number of nitrogens with one attached hydrogen (secondary N) is 1. The van der Waals surface area contributed by atoms with Crippen molar-refractivity contribution in [1.29, 1.82) is 0 Å². The van der Waals surface area contributed by atoms with Gasteiger partial charge in [0.2, 0.25) is 5.91 Å². The van der Waals surface area contributed by atoms with E-state index in [1.54, 1.807) is 0 Å². The molecule has 0 aromatic heterocycles. The van der Waals surface area contributed by atoms with Gasteiger partial charge in [-0.05, 0) is 25.2 Å². The second-order valence-corrected chi connectivity index (χ2v) is 4.91. The first-order valence-corrected chi connectivity index (χ1v) is 6.33. The minimum atomic E-state index is 0.116. The maximum Gasteiger partial charge on any atom is 0.240 e. The van der Waals surface area contributed by atoms with E-state index >= 15 is 0 Å². The fraction of sp³-hybridized carbons (Fsp3) is 0.917. The number of unbranched alkanes of at least 4 members (excludes halogenated alkanes) is 1. The lowest BCUT2D eigenvalue weighted by Gasteiger charge is -2.29. The first-order valence-electron chi connectivity index (χ1n) is 6.33. The van der Waals surface area contributed by atoms with Gasteiger partial charge in [0.1, 0.15) is 0 Å². The summed E-state index contributed by atoms with van der Waals surface area (Å²) >= 11 is 0. The molecule has 1 heterocycles. The zero-order chi connectivity index (χ0) is 10.7. The first kappa shape index (κ1) is 10.9. The topological polar surface area (TPSA) is 32.3 Å². The number of carbonyl (C=O) groups excluding carboxylic acids is 1. The van der Waals surface area contributed by atoms with E-state index in [0.717, 1.165) is 32.0 Å². The third-order valence-corrected chi connectivity index (χ3v) is 3.69. The molecule has 3 nitrogen and oxygen atoms in total. The summed E-state index contributed by atoms with van der Waals surface area (Å²) in [4.78, 5) is 14.0. The largest absolute Gasteiger partial charge is 0.328 e. The van der Waals surface area contributed by atoms with E-state index in [0.29, 0.717) is 5.91 Å². The van der Waals surface area contributed by atoms with Gasteiger partial charge in [-0.3, -0.25) is 10.1 Å². The van der Waals surface area contributed by atoms with Crippen molar-refractivity contribution in [2.24, 2.45) is 5.92 Å². The van der Waals surface area contributed by atoms with Crippen LogP contribution in [0.5, 0.6) is 0 Å². The maximum absolute atomic E-state index is 12.0. The summed E-state index contributed by atoms with van der Waals surface area (Å²) in [6, 6.07) is 0.116. The highest BCUT2D eigenvalue weighted by Crippen LogP contribution is 2.27.